The number of benzene rings is 3. The second-order valence-electron chi connectivity index (χ2n) is 9.65. The second-order valence-corrected chi connectivity index (χ2v) is 9.65. The van der Waals surface area contributed by atoms with Crippen LogP contribution in [0.3, 0.4) is 0 Å². The molecule has 6 nitrogen and oxygen atoms in total. The van der Waals surface area contributed by atoms with Crippen LogP contribution in [-0.4, -0.2) is 47.0 Å². The Morgan fingerprint density at radius 1 is 1.00 bits per heavy atom. The Morgan fingerprint density at radius 2 is 1.71 bits per heavy atom. The first-order chi connectivity index (χ1) is 18.3. The molecule has 1 spiro atoms. The first-order valence-corrected chi connectivity index (χ1v) is 12.5. The SMILES string of the molecule is CCOc1ccc(-c2cc(F)c(F)cc2F)c(CN2CCC3(CC2)CC(c2ccc(C(=O)O)cc2)=NO3)c1. The van der Waals surface area contributed by atoms with Crippen molar-refractivity contribution in [3.05, 3.63) is 88.7 Å². The lowest BCUT2D eigenvalue weighted by atomic mass is 9.85. The zero-order valence-electron chi connectivity index (χ0n) is 20.8. The number of hydrogen-bond donors (Lipinski definition) is 1. The second kappa shape index (κ2) is 10.5. The number of piperidine rings is 1. The third-order valence-electron chi connectivity index (χ3n) is 7.15. The maximum Gasteiger partial charge on any atom is 0.335 e. The number of carboxylic acids is 1. The number of rotatable bonds is 7. The van der Waals surface area contributed by atoms with Gasteiger partial charge in [-0.05, 0) is 53.9 Å². The summed E-state index contributed by atoms with van der Waals surface area (Å²) >= 11 is 0. The molecule has 0 bridgehead atoms. The van der Waals surface area contributed by atoms with Crippen molar-refractivity contribution in [3.63, 3.8) is 0 Å². The number of carbonyl (C=O) groups is 1. The minimum absolute atomic E-state index is 0.00140. The van der Waals surface area contributed by atoms with E-state index < -0.39 is 29.0 Å². The number of nitrogens with zero attached hydrogens (tertiary/aromatic N) is 2. The average Bonchev–Trinajstić information content (AvgIpc) is 3.32. The Kier molecular flexibility index (Phi) is 7.12. The molecule has 9 heteroatoms. The van der Waals surface area contributed by atoms with Gasteiger partial charge < -0.3 is 14.7 Å². The van der Waals surface area contributed by atoms with Crippen molar-refractivity contribution in [3.8, 4) is 16.9 Å². The molecule has 0 radical (unpaired) electrons. The Bertz CT molecular complexity index is 1380. The zero-order valence-corrected chi connectivity index (χ0v) is 20.8. The van der Waals surface area contributed by atoms with Crippen LogP contribution in [0.1, 0.15) is 47.7 Å². The molecule has 198 valence electrons. The van der Waals surface area contributed by atoms with E-state index in [2.05, 4.69) is 10.1 Å². The third kappa shape index (κ3) is 5.24. The molecule has 1 N–H and O–H groups in total. The predicted octanol–water partition coefficient (Wildman–Crippen LogP) is 6.03. The van der Waals surface area contributed by atoms with Crippen LogP contribution in [0.5, 0.6) is 5.75 Å². The van der Waals surface area contributed by atoms with E-state index in [9.17, 15) is 18.0 Å². The van der Waals surface area contributed by atoms with Gasteiger partial charge in [-0.2, -0.15) is 0 Å². The molecular formula is C29H27F3N2O4. The maximum absolute atomic E-state index is 14.7. The van der Waals surface area contributed by atoms with Crippen LogP contribution in [0.15, 0.2) is 59.8 Å². The maximum atomic E-state index is 14.7. The number of oxime groups is 1. The van der Waals surface area contributed by atoms with E-state index in [-0.39, 0.29) is 11.1 Å². The van der Waals surface area contributed by atoms with Gasteiger partial charge in [0.05, 0.1) is 17.9 Å². The van der Waals surface area contributed by atoms with Gasteiger partial charge in [-0.3, -0.25) is 4.90 Å². The monoisotopic (exact) mass is 524 g/mol. The molecule has 3 aromatic carbocycles. The lowest BCUT2D eigenvalue weighted by molar-refractivity contribution is -0.0626. The fraction of sp³-hybridized carbons (Fsp3) is 0.310. The Balaban J connectivity index is 1.29. The smallest absolute Gasteiger partial charge is 0.335 e. The van der Waals surface area contributed by atoms with Crippen molar-refractivity contribution in [2.45, 2.75) is 38.3 Å². The van der Waals surface area contributed by atoms with Crippen LogP contribution in [0.4, 0.5) is 13.2 Å². The highest BCUT2D eigenvalue weighted by Crippen LogP contribution is 2.38. The van der Waals surface area contributed by atoms with Gasteiger partial charge >= 0.3 is 5.97 Å². The zero-order chi connectivity index (χ0) is 26.9. The summed E-state index contributed by atoms with van der Waals surface area (Å²) in [6.07, 6.45) is 2.05. The summed E-state index contributed by atoms with van der Waals surface area (Å²) in [6.45, 7) is 4.18. The topological polar surface area (TPSA) is 71.4 Å². The van der Waals surface area contributed by atoms with E-state index in [1.54, 1.807) is 36.4 Å². The van der Waals surface area contributed by atoms with E-state index >= 15 is 0 Å². The number of aromatic carboxylic acids is 1. The van der Waals surface area contributed by atoms with Gasteiger partial charge in [0.1, 0.15) is 17.2 Å². The van der Waals surface area contributed by atoms with Crippen LogP contribution < -0.4 is 4.74 Å². The van der Waals surface area contributed by atoms with Crippen molar-refractivity contribution in [2.24, 2.45) is 5.16 Å². The molecule has 5 rings (SSSR count). The number of halogens is 3. The fourth-order valence-corrected chi connectivity index (χ4v) is 5.06. The van der Waals surface area contributed by atoms with E-state index in [4.69, 9.17) is 14.7 Å². The number of carboxylic acid groups (broad SMARTS) is 1. The summed E-state index contributed by atoms with van der Waals surface area (Å²) < 4.78 is 47.8. The Hall–Kier alpha value is -3.85. The standard InChI is InChI=1S/C29H27F3N2O4/c1-2-37-21-7-8-22(23-14-25(31)26(32)15-24(23)30)20(13-21)17-34-11-9-29(10-12-34)16-27(33-38-29)18-3-5-19(6-4-18)28(35)36/h3-8,13-15H,2,9-12,16-17H2,1H3,(H,35,36). The van der Waals surface area contributed by atoms with Gasteiger partial charge in [0.15, 0.2) is 11.6 Å². The van der Waals surface area contributed by atoms with Gasteiger partial charge in [-0.1, -0.05) is 23.4 Å². The molecule has 0 aliphatic carbocycles. The highest BCUT2D eigenvalue weighted by Gasteiger charge is 2.42. The number of likely N-dealkylation sites (tertiary alicyclic amines) is 1. The molecule has 2 heterocycles. The van der Waals surface area contributed by atoms with Crippen LogP contribution in [0, 0.1) is 17.5 Å². The minimum atomic E-state index is -1.23. The largest absolute Gasteiger partial charge is 0.494 e. The summed E-state index contributed by atoms with van der Waals surface area (Å²) in [4.78, 5) is 19.2. The molecule has 38 heavy (non-hydrogen) atoms. The molecule has 0 unspecified atom stereocenters. The minimum Gasteiger partial charge on any atom is -0.494 e. The van der Waals surface area contributed by atoms with Gasteiger partial charge in [0.2, 0.25) is 0 Å². The molecule has 2 aliphatic rings. The van der Waals surface area contributed by atoms with Crippen molar-refractivity contribution < 1.29 is 32.6 Å². The summed E-state index contributed by atoms with van der Waals surface area (Å²) in [5.41, 5.74) is 2.64. The third-order valence-corrected chi connectivity index (χ3v) is 7.15. The predicted molar refractivity (Wildman–Crippen MR) is 136 cm³/mol. The summed E-state index contributed by atoms with van der Waals surface area (Å²) in [5.74, 6) is -3.52. The summed E-state index contributed by atoms with van der Waals surface area (Å²) in [6, 6.07) is 13.2. The molecule has 1 fully saturated rings. The highest BCUT2D eigenvalue weighted by molar-refractivity contribution is 6.02. The molecule has 1 saturated heterocycles. The molecule has 0 saturated carbocycles. The Labute approximate surface area is 218 Å². The van der Waals surface area contributed by atoms with E-state index in [0.717, 1.165) is 22.9 Å². The van der Waals surface area contributed by atoms with Gasteiger partial charge in [0, 0.05) is 50.5 Å². The van der Waals surface area contributed by atoms with E-state index in [0.29, 0.717) is 62.9 Å². The molecule has 0 amide bonds. The first-order valence-electron chi connectivity index (χ1n) is 12.5. The first kappa shape index (κ1) is 25.8. The van der Waals surface area contributed by atoms with Crippen molar-refractivity contribution in [1.82, 2.24) is 4.90 Å². The van der Waals surface area contributed by atoms with Crippen molar-refractivity contribution in [2.75, 3.05) is 19.7 Å². The fourth-order valence-electron chi connectivity index (χ4n) is 5.06. The van der Waals surface area contributed by atoms with Crippen molar-refractivity contribution >= 4 is 11.7 Å². The van der Waals surface area contributed by atoms with Gasteiger partial charge in [0.25, 0.3) is 0 Å². The van der Waals surface area contributed by atoms with E-state index in [1.165, 1.54) is 0 Å². The van der Waals surface area contributed by atoms with Crippen molar-refractivity contribution in [1.29, 1.82) is 0 Å². The van der Waals surface area contributed by atoms with Crippen LogP contribution in [0.2, 0.25) is 0 Å². The van der Waals surface area contributed by atoms with Gasteiger partial charge in [-0.25, -0.2) is 18.0 Å². The lowest BCUT2D eigenvalue weighted by Crippen LogP contribution is -2.44. The highest BCUT2D eigenvalue weighted by atomic mass is 19.2. The quantitative estimate of drug-likeness (QED) is 0.383. The van der Waals surface area contributed by atoms with Crippen LogP contribution >= 0.6 is 0 Å². The molecule has 3 aromatic rings. The number of ether oxygens (including phenoxy) is 1. The lowest BCUT2D eigenvalue weighted by Gasteiger charge is -2.37. The molecular weight excluding hydrogens is 497 g/mol. The van der Waals surface area contributed by atoms with Crippen LogP contribution in [-0.2, 0) is 11.4 Å². The van der Waals surface area contributed by atoms with Crippen LogP contribution in [0.25, 0.3) is 11.1 Å². The normalized spacial score (nSPS) is 16.8. The van der Waals surface area contributed by atoms with E-state index in [1.807, 2.05) is 13.0 Å². The average molecular weight is 525 g/mol. The number of hydrogen-bond acceptors (Lipinski definition) is 5. The molecule has 0 atom stereocenters. The molecule has 2 aliphatic heterocycles. The molecule has 0 aromatic heterocycles. The summed E-state index contributed by atoms with van der Waals surface area (Å²) in [5, 5.41) is 13.4. The Morgan fingerprint density at radius 3 is 2.39 bits per heavy atom. The summed E-state index contributed by atoms with van der Waals surface area (Å²) in [7, 11) is 0. The van der Waals surface area contributed by atoms with Gasteiger partial charge in [-0.15, -0.1) is 0 Å².